The first-order valence-corrected chi connectivity index (χ1v) is 13.4. The van der Waals surface area contributed by atoms with Crippen LogP contribution < -0.4 is 4.74 Å². The third-order valence-electron chi connectivity index (χ3n) is 7.44. The Bertz CT molecular complexity index is 1660. The van der Waals surface area contributed by atoms with Crippen LogP contribution in [-0.2, 0) is 22.4 Å². The summed E-state index contributed by atoms with van der Waals surface area (Å²) in [5.74, 6) is -1.46. The lowest BCUT2D eigenvalue weighted by Gasteiger charge is -2.15. The Morgan fingerprint density at radius 1 is 0.950 bits per heavy atom. The molecule has 0 spiro atoms. The first-order valence-electron chi connectivity index (χ1n) is 13.0. The maximum atomic E-state index is 15.2. The van der Waals surface area contributed by atoms with E-state index in [0.29, 0.717) is 47.0 Å². The van der Waals surface area contributed by atoms with Gasteiger partial charge in [0.05, 0.1) is 10.9 Å². The molecule has 0 atom stereocenters. The van der Waals surface area contributed by atoms with E-state index < -0.39 is 17.0 Å². The Hall–Kier alpha value is -3.97. The number of hydrogen-bond acceptors (Lipinski definition) is 5. The summed E-state index contributed by atoms with van der Waals surface area (Å²) in [7, 11) is 0. The van der Waals surface area contributed by atoms with E-state index in [9.17, 15) is 18.8 Å². The highest BCUT2D eigenvalue weighted by Gasteiger charge is 2.54. The second-order valence-electron chi connectivity index (χ2n) is 10.2. The van der Waals surface area contributed by atoms with Crippen LogP contribution in [-0.4, -0.2) is 22.3 Å². The molecule has 5 nitrogen and oxygen atoms in total. The molecule has 0 aliphatic heterocycles. The number of aryl methyl sites for hydroxylation is 1. The van der Waals surface area contributed by atoms with E-state index in [2.05, 4.69) is 4.98 Å². The lowest BCUT2D eigenvalue weighted by atomic mass is 9.88. The molecule has 4 aromatic rings. The number of Topliss-reactive ketones (excluding diaryl/α,β-unsaturated/α-hetero) is 3. The van der Waals surface area contributed by atoms with Gasteiger partial charge in [-0.05, 0) is 72.9 Å². The van der Waals surface area contributed by atoms with Crippen molar-refractivity contribution in [2.24, 2.45) is 5.41 Å². The summed E-state index contributed by atoms with van der Waals surface area (Å²) < 4.78 is 34.3. The van der Waals surface area contributed by atoms with Gasteiger partial charge in [0.1, 0.15) is 11.6 Å². The maximum Gasteiger partial charge on any atom is 0.166 e. The van der Waals surface area contributed by atoms with Gasteiger partial charge in [0, 0.05) is 47.5 Å². The standard InChI is InChI=1S/C32H26ClF2NO4/c1-3-27(37)22-16-26-23(12-18(22)2)28(8-11-36-26)40-29-17-24(33)20(14-25(29)35)15-31(39)32(9-10-32)30(38)13-19-4-6-21(34)7-5-19/h4-8,11-12,14,16-17H,3,9-10,13,15H2,1-2H3. The fraction of sp³-hybridized carbons (Fsp3) is 0.250. The number of aromatic nitrogens is 1. The first kappa shape index (κ1) is 27.6. The number of ketones is 3. The summed E-state index contributed by atoms with van der Waals surface area (Å²) in [6, 6.07) is 13.1. The zero-order valence-electron chi connectivity index (χ0n) is 22.0. The van der Waals surface area contributed by atoms with Gasteiger partial charge in [-0.3, -0.25) is 19.4 Å². The molecule has 0 N–H and O–H groups in total. The van der Waals surface area contributed by atoms with Crippen molar-refractivity contribution in [3.63, 3.8) is 0 Å². The van der Waals surface area contributed by atoms with Crippen molar-refractivity contribution >= 4 is 39.9 Å². The number of nitrogens with zero attached hydrogens (tertiary/aromatic N) is 1. The molecular formula is C32H26ClF2NO4. The molecule has 204 valence electrons. The second kappa shape index (κ2) is 10.9. The predicted molar refractivity (Wildman–Crippen MR) is 148 cm³/mol. The summed E-state index contributed by atoms with van der Waals surface area (Å²) in [5.41, 5.74) is 1.64. The highest BCUT2D eigenvalue weighted by molar-refractivity contribution is 6.31. The fourth-order valence-corrected chi connectivity index (χ4v) is 5.12. The van der Waals surface area contributed by atoms with Crippen molar-refractivity contribution < 1.29 is 27.9 Å². The average Bonchev–Trinajstić information content (AvgIpc) is 3.75. The minimum Gasteiger partial charge on any atom is -0.453 e. The summed E-state index contributed by atoms with van der Waals surface area (Å²) >= 11 is 6.45. The zero-order valence-corrected chi connectivity index (χ0v) is 22.8. The van der Waals surface area contributed by atoms with Gasteiger partial charge in [0.25, 0.3) is 0 Å². The van der Waals surface area contributed by atoms with E-state index in [4.69, 9.17) is 16.3 Å². The van der Waals surface area contributed by atoms with Crippen molar-refractivity contribution in [3.8, 4) is 11.5 Å². The number of carbonyl (C=O) groups is 3. The van der Waals surface area contributed by atoms with Gasteiger partial charge in [0.2, 0.25) is 0 Å². The Balaban J connectivity index is 1.35. The van der Waals surface area contributed by atoms with Crippen LogP contribution in [0.3, 0.4) is 0 Å². The van der Waals surface area contributed by atoms with Gasteiger partial charge in [-0.25, -0.2) is 8.78 Å². The maximum absolute atomic E-state index is 15.2. The number of benzene rings is 3. The number of pyridine rings is 1. The Morgan fingerprint density at radius 3 is 2.33 bits per heavy atom. The van der Waals surface area contributed by atoms with Crippen molar-refractivity contribution in [2.45, 2.75) is 46.0 Å². The second-order valence-corrected chi connectivity index (χ2v) is 10.6. The van der Waals surface area contributed by atoms with E-state index in [1.54, 1.807) is 25.1 Å². The molecule has 5 rings (SSSR count). The number of carbonyl (C=O) groups excluding carboxylic acids is 3. The number of ether oxygens (including phenoxy) is 1. The van der Waals surface area contributed by atoms with Gasteiger partial charge in [-0.15, -0.1) is 0 Å². The molecule has 3 aromatic carbocycles. The van der Waals surface area contributed by atoms with Crippen LogP contribution in [0, 0.1) is 24.0 Å². The monoisotopic (exact) mass is 561 g/mol. The summed E-state index contributed by atoms with van der Waals surface area (Å²) in [6.45, 7) is 3.61. The fourth-order valence-electron chi connectivity index (χ4n) is 4.89. The summed E-state index contributed by atoms with van der Waals surface area (Å²) in [6.07, 6.45) is 2.55. The summed E-state index contributed by atoms with van der Waals surface area (Å²) in [4.78, 5) is 42.7. The van der Waals surface area contributed by atoms with E-state index >= 15 is 4.39 Å². The van der Waals surface area contributed by atoms with Gasteiger partial charge >= 0.3 is 0 Å². The molecule has 0 radical (unpaired) electrons. The Morgan fingerprint density at radius 2 is 1.65 bits per heavy atom. The Labute approximate surface area is 235 Å². The molecule has 40 heavy (non-hydrogen) atoms. The predicted octanol–water partition coefficient (Wildman–Crippen LogP) is 7.56. The van der Waals surface area contributed by atoms with Crippen molar-refractivity contribution in [3.05, 3.63) is 99.7 Å². The summed E-state index contributed by atoms with van der Waals surface area (Å²) in [5, 5.41) is 0.745. The zero-order chi connectivity index (χ0) is 28.6. The molecule has 1 aliphatic rings. The molecule has 1 fully saturated rings. The van der Waals surface area contributed by atoms with Crippen LogP contribution in [0.15, 0.2) is 60.8 Å². The molecule has 1 aromatic heterocycles. The van der Waals surface area contributed by atoms with E-state index in [0.717, 1.165) is 11.6 Å². The highest BCUT2D eigenvalue weighted by atomic mass is 35.5. The third-order valence-corrected chi connectivity index (χ3v) is 7.79. The normalized spacial score (nSPS) is 13.7. The van der Waals surface area contributed by atoms with E-state index in [-0.39, 0.29) is 46.5 Å². The van der Waals surface area contributed by atoms with Gasteiger partial charge in [-0.2, -0.15) is 0 Å². The molecule has 8 heteroatoms. The highest BCUT2D eigenvalue weighted by Crippen LogP contribution is 2.49. The average molecular weight is 562 g/mol. The third kappa shape index (κ3) is 5.39. The largest absolute Gasteiger partial charge is 0.453 e. The minimum absolute atomic E-state index is 0.000571. The smallest absolute Gasteiger partial charge is 0.166 e. The van der Waals surface area contributed by atoms with Crippen LogP contribution in [0.5, 0.6) is 11.5 Å². The van der Waals surface area contributed by atoms with E-state index in [1.807, 2.05) is 6.92 Å². The van der Waals surface area contributed by atoms with Crippen molar-refractivity contribution in [1.82, 2.24) is 4.98 Å². The molecular weight excluding hydrogens is 536 g/mol. The quantitative estimate of drug-likeness (QED) is 0.147. The van der Waals surface area contributed by atoms with Crippen molar-refractivity contribution in [2.75, 3.05) is 0 Å². The van der Waals surface area contributed by atoms with Gasteiger partial charge < -0.3 is 4.74 Å². The number of hydrogen-bond donors (Lipinski definition) is 0. The minimum atomic E-state index is -1.12. The number of fused-ring (bicyclic) bond motifs is 1. The first-order chi connectivity index (χ1) is 19.1. The Kier molecular flexibility index (Phi) is 7.51. The lowest BCUT2D eigenvalue weighted by molar-refractivity contribution is -0.133. The van der Waals surface area contributed by atoms with Crippen molar-refractivity contribution in [1.29, 1.82) is 0 Å². The van der Waals surface area contributed by atoms with Crippen LogP contribution in [0.25, 0.3) is 10.9 Å². The van der Waals surface area contributed by atoms with Crippen LogP contribution in [0.1, 0.15) is 53.2 Å². The molecule has 0 amide bonds. The molecule has 1 saturated carbocycles. The lowest BCUT2D eigenvalue weighted by Crippen LogP contribution is -2.29. The van der Waals surface area contributed by atoms with Crippen LogP contribution in [0.2, 0.25) is 5.02 Å². The topological polar surface area (TPSA) is 73.3 Å². The van der Waals surface area contributed by atoms with Gasteiger partial charge in [-0.1, -0.05) is 30.7 Å². The molecule has 0 bridgehead atoms. The van der Waals surface area contributed by atoms with Gasteiger partial charge in [0.15, 0.2) is 28.9 Å². The molecule has 1 heterocycles. The molecule has 1 aliphatic carbocycles. The van der Waals surface area contributed by atoms with Crippen LogP contribution >= 0.6 is 11.6 Å². The molecule has 0 saturated heterocycles. The SMILES string of the molecule is CCC(=O)c1cc2nccc(Oc3cc(Cl)c(CC(=O)C4(C(=O)Cc5ccc(F)cc5)CC4)cc3F)c2cc1C. The number of halogens is 3. The van der Waals surface area contributed by atoms with E-state index in [1.165, 1.54) is 36.5 Å². The van der Waals surface area contributed by atoms with Crippen LogP contribution in [0.4, 0.5) is 8.78 Å². The molecule has 0 unspecified atom stereocenters. The number of rotatable bonds is 10.